The smallest absolute Gasteiger partial charge is 0.452 e. The van der Waals surface area contributed by atoms with Gasteiger partial charge in [-0.3, -0.25) is 9.20 Å². The maximum absolute atomic E-state index is 14.2. The quantitative estimate of drug-likeness (QED) is 0.217. The summed E-state index contributed by atoms with van der Waals surface area (Å²) in [5.41, 5.74) is 2.95. The second-order valence-electron chi connectivity index (χ2n) is 11.9. The van der Waals surface area contributed by atoms with Crippen LogP contribution in [0.2, 0.25) is 0 Å². The molecule has 5 heterocycles. The van der Waals surface area contributed by atoms with Gasteiger partial charge in [-0.15, -0.1) is 10.2 Å². The molecule has 3 atom stereocenters. The molecule has 0 aliphatic carbocycles. The van der Waals surface area contributed by atoms with E-state index in [4.69, 9.17) is 12.8 Å². The highest BCUT2D eigenvalue weighted by atomic mass is 32.2. The number of thiol groups is 1. The predicted octanol–water partition coefficient (Wildman–Crippen LogP) is 5.13. The zero-order valence-electron chi connectivity index (χ0n) is 24.6. The van der Waals surface area contributed by atoms with Gasteiger partial charge in [0.05, 0.1) is 32.3 Å². The third-order valence-corrected chi connectivity index (χ3v) is 11.3. The van der Waals surface area contributed by atoms with Gasteiger partial charge in [-0.2, -0.15) is 17.5 Å². The standard InChI is InChI=1S/C30H31F3N6O4S2/c1-18-7-8-21(24(14-26(40)41)23-9-11-38-27(19(23)2)35-36-29(38)30(31,32)33)13-22(18)16-37-15-20-5-4-12-39(44,17-20)28-25(45(37,42)43)6-3-10-34-28/h3,6-11,13,20,24,44H,4-5,12,14-17H2,1-2H3/p+1/t20-,24+,39?/m1/s1. The number of rotatable bonds is 6. The monoisotopic (exact) mass is 661 g/mol. The number of piperidine rings is 1. The van der Waals surface area contributed by atoms with Crippen molar-refractivity contribution in [3.05, 3.63) is 82.4 Å². The van der Waals surface area contributed by atoms with Crippen molar-refractivity contribution >= 4 is 40.3 Å². The number of alkyl halides is 3. The van der Waals surface area contributed by atoms with Crippen LogP contribution in [0.25, 0.3) is 5.65 Å². The Morgan fingerprint density at radius 2 is 1.98 bits per heavy atom. The van der Waals surface area contributed by atoms with Crippen LogP contribution in [0.1, 0.15) is 58.8 Å². The van der Waals surface area contributed by atoms with E-state index in [0.29, 0.717) is 47.7 Å². The number of carbonyl (C=O) groups is 1. The van der Waals surface area contributed by atoms with E-state index in [0.717, 1.165) is 22.8 Å². The van der Waals surface area contributed by atoms with Crippen molar-refractivity contribution < 1.29 is 31.5 Å². The molecule has 0 amide bonds. The number of carboxylic acid groups (broad SMARTS) is 1. The van der Waals surface area contributed by atoms with E-state index in [1.165, 1.54) is 16.6 Å². The van der Waals surface area contributed by atoms with E-state index >= 15 is 0 Å². The molecule has 45 heavy (non-hydrogen) atoms. The van der Waals surface area contributed by atoms with Gasteiger partial charge in [0, 0.05) is 37.3 Å². The molecule has 1 N–H and O–H groups in total. The average Bonchev–Trinajstić information content (AvgIpc) is 3.43. The lowest BCUT2D eigenvalue weighted by molar-refractivity contribution is -0.145. The normalized spacial score (nSPS) is 22.4. The Bertz CT molecular complexity index is 1920. The molecule has 15 heteroatoms. The molecule has 238 valence electrons. The summed E-state index contributed by atoms with van der Waals surface area (Å²) in [7, 11) is -3.98. The number of nitrogens with zero attached hydrogens (tertiary/aromatic N) is 6. The zero-order valence-corrected chi connectivity index (χ0v) is 26.3. The van der Waals surface area contributed by atoms with Crippen LogP contribution in [0.15, 0.2) is 53.7 Å². The number of sulfonamides is 1. The summed E-state index contributed by atoms with van der Waals surface area (Å²) in [5, 5.41) is 16.9. The van der Waals surface area contributed by atoms with Gasteiger partial charge >= 0.3 is 12.1 Å². The molecule has 1 aromatic carbocycles. The first-order valence-electron chi connectivity index (χ1n) is 14.5. The number of halogens is 3. The molecule has 0 saturated carbocycles. The van der Waals surface area contributed by atoms with Crippen LogP contribution in [-0.2, 0) is 27.5 Å². The second-order valence-corrected chi connectivity index (χ2v) is 14.6. The molecule has 2 aliphatic heterocycles. The summed E-state index contributed by atoms with van der Waals surface area (Å²) in [6, 6.07) is 10.0. The van der Waals surface area contributed by atoms with Crippen molar-refractivity contribution in [2.45, 2.75) is 56.6 Å². The van der Waals surface area contributed by atoms with E-state index < -0.39 is 33.9 Å². The highest BCUT2D eigenvalue weighted by molar-refractivity contribution is 7.89. The van der Waals surface area contributed by atoms with Crippen LogP contribution in [0.4, 0.5) is 19.0 Å². The van der Waals surface area contributed by atoms with Crippen LogP contribution in [0.5, 0.6) is 0 Å². The maximum Gasteiger partial charge on any atom is 0.452 e. The van der Waals surface area contributed by atoms with Gasteiger partial charge in [-0.05, 0) is 72.7 Å². The van der Waals surface area contributed by atoms with Gasteiger partial charge in [0.25, 0.3) is 15.8 Å². The number of aryl methyl sites for hydroxylation is 2. The van der Waals surface area contributed by atoms with Gasteiger partial charge in [0.15, 0.2) is 10.5 Å². The lowest BCUT2D eigenvalue weighted by atomic mass is 9.85. The van der Waals surface area contributed by atoms with Crippen molar-refractivity contribution in [2.24, 2.45) is 5.92 Å². The van der Waals surface area contributed by atoms with Crippen LogP contribution >= 0.6 is 12.8 Å². The van der Waals surface area contributed by atoms with Crippen LogP contribution in [-0.4, -0.2) is 63.0 Å². The molecule has 0 radical (unpaired) electrons. The summed E-state index contributed by atoms with van der Waals surface area (Å²) in [4.78, 5) is 16.6. The van der Waals surface area contributed by atoms with E-state index in [-0.39, 0.29) is 33.3 Å². The number of hydrogen-bond acceptors (Lipinski definition) is 7. The SMILES string of the molecule is Cc1ccc([C@H](CC(=O)O)c2ccn3c(C(F)(F)F)nnc3c2C)cc1CN1C[C@H]2CCC[N+](S)(C2)c2ncccc2S1(=O)=O. The first-order valence-corrected chi connectivity index (χ1v) is 16.3. The Balaban J connectivity index is 1.41. The van der Waals surface area contributed by atoms with Crippen molar-refractivity contribution in [1.29, 1.82) is 0 Å². The van der Waals surface area contributed by atoms with Crippen molar-refractivity contribution in [1.82, 2.24) is 27.8 Å². The molecule has 6 rings (SSSR count). The fraction of sp³-hybridized carbons (Fsp3) is 0.400. The second kappa shape index (κ2) is 11.4. The van der Waals surface area contributed by atoms with Crippen LogP contribution in [0.3, 0.4) is 0 Å². The Labute approximate surface area is 263 Å². The molecule has 2 bridgehead atoms. The van der Waals surface area contributed by atoms with Gasteiger partial charge in [0.1, 0.15) is 0 Å². The molecule has 10 nitrogen and oxygen atoms in total. The number of benzene rings is 1. The summed E-state index contributed by atoms with van der Waals surface area (Å²) in [5.74, 6) is -2.54. The van der Waals surface area contributed by atoms with Gasteiger partial charge < -0.3 is 5.11 Å². The summed E-state index contributed by atoms with van der Waals surface area (Å²) < 4.78 is 71.2. The summed E-state index contributed by atoms with van der Waals surface area (Å²) in [6.45, 7) is 5.12. The topological polar surface area (TPSA) is 118 Å². The van der Waals surface area contributed by atoms with Gasteiger partial charge in [-0.25, -0.2) is 17.3 Å². The van der Waals surface area contributed by atoms with Crippen molar-refractivity contribution in [3.63, 3.8) is 0 Å². The minimum atomic E-state index is -4.71. The van der Waals surface area contributed by atoms with E-state index in [1.807, 2.05) is 13.0 Å². The number of pyridine rings is 2. The maximum atomic E-state index is 14.2. The minimum absolute atomic E-state index is 0.0206. The molecule has 1 unspecified atom stereocenters. The minimum Gasteiger partial charge on any atom is -0.481 e. The third kappa shape index (κ3) is 5.70. The molecular weight excluding hydrogens is 629 g/mol. The summed E-state index contributed by atoms with van der Waals surface area (Å²) >= 11 is 4.90. The third-order valence-electron chi connectivity index (χ3n) is 8.92. The number of aromatic nitrogens is 4. The average molecular weight is 662 g/mol. The molecular formula is C30H32F3N6O4S2+. The predicted molar refractivity (Wildman–Crippen MR) is 163 cm³/mol. The Kier molecular flexibility index (Phi) is 7.95. The first kappa shape index (κ1) is 31.5. The highest BCUT2D eigenvalue weighted by Crippen LogP contribution is 2.41. The van der Waals surface area contributed by atoms with Crippen molar-refractivity contribution in [2.75, 3.05) is 19.6 Å². The fourth-order valence-electron chi connectivity index (χ4n) is 6.68. The lowest BCUT2D eigenvalue weighted by Gasteiger charge is -2.42. The fourth-order valence-corrected chi connectivity index (χ4v) is 8.98. The molecule has 3 aromatic heterocycles. The highest BCUT2D eigenvalue weighted by Gasteiger charge is 2.46. The van der Waals surface area contributed by atoms with Crippen molar-refractivity contribution in [3.8, 4) is 0 Å². The summed E-state index contributed by atoms with van der Waals surface area (Å²) in [6.07, 6.45) is -0.538. The number of fused-ring (bicyclic) bond motifs is 5. The molecule has 2 aliphatic rings. The Morgan fingerprint density at radius 3 is 2.71 bits per heavy atom. The van der Waals surface area contributed by atoms with E-state index in [1.54, 1.807) is 37.4 Å². The number of hydrogen-bond donors (Lipinski definition) is 2. The van der Waals surface area contributed by atoms with Crippen LogP contribution in [0, 0.1) is 19.8 Å². The molecule has 1 fully saturated rings. The molecule has 0 spiro atoms. The molecule has 1 saturated heterocycles. The van der Waals surface area contributed by atoms with Gasteiger partial charge in [0.2, 0.25) is 5.82 Å². The van der Waals surface area contributed by atoms with E-state index in [9.17, 15) is 31.5 Å². The number of quaternary nitrogens is 1. The number of carboxylic acids is 1. The Hall–Kier alpha value is -3.53. The van der Waals surface area contributed by atoms with Gasteiger partial charge in [-0.1, -0.05) is 18.2 Å². The lowest BCUT2D eigenvalue weighted by Crippen LogP contribution is -2.53. The number of aliphatic carboxylic acids is 1. The molecule has 4 aromatic rings. The van der Waals surface area contributed by atoms with E-state index in [2.05, 4.69) is 15.2 Å². The zero-order chi connectivity index (χ0) is 32.3. The first-order chi connectivity index (χ1) is 21.2. The largest absolute Gasteiger partial charge is 0.481 e. The van der Waals surface area contributed by atoms with Crippen LogP contribution < -0.4 is 3.89 Å². The Morgan fingerprint density at radius 1 is 1.20 bits per heavy atom.